The molecule has 28 heavy (non-hydrogen) atoms. The van der Waals surface area contributed by atoms with Crippen molar-refractivity contribution in [1.82, 2.24) is 5.32 Å². The minimum absolute atomic E-state index is 0.0298. The first-order valence-electron chi connectivity index (χ1n) is 9.38. The maximum absolute atomic E-state index is 12.4. The standard InChI is InChI=1S/C22H23N3O3/c1-15-4-9-19-18(14-15)21(2,3)22(23-20(26)11-13-24(19)22)12-10-16-5-7-17(8-6-16)25(27)28/h4-10,12,14H,11,13H2,1-3H3,(H,23,26)/b12-10+/t22-/m0/s1. The summed E-state index contributed by atoms with van der Waals surface area (Å²) < 4.78 is 0. The molecule has 2 aromatic rings. The molecule has 144 valence electrons. The van der Waals surface area contributed by atoms with Gasteiger partial charge in [-0.25, -0.2) is 0 Å². The van der Waals surface area contributed by atoms with Crippen molar-refractivity contribution >= 4 is 23.4 Å². The van der Waals surface area contributed by atoms with Gasteiger partial charge in [-0.15, -0.1) is 0 Å². The van der Waals surface area contributed by atoms with Crippen LogP contribution in [0.2, 0.25) is 0 Å². The molecule has 1 amide bonds. The molecule has 0 bridgehead atoms. The molecule has 0 aliphatic carbocycles. The number of fused-ring (bicyclic) bond motifs is 3. The van der Waals surface area contributed by atoms with Gasteiger partial charge >= 0.3 is 0 Å². The third-order valence-corrected chi connectivity index (χ3v) is 6.01. The Morgan fingerprint density at radius 1 is 1.18 bits per heavy atom. The van der Waals surface area contributed by atoms with E-state index in [0.29, 0.717) is 13.0 Å². The number of nitrogens with zero attached hydrogens (tertiary/aromatic N) is 2. The van der Waals surface area contributed by atoms with E-state index in [-0.39, 0.29) is 17.0 Å². The normalized spacial score (nSPS) is 22.7. The van der Waals surface area contributed by atoms with E-state index in [4.69, 9.17) is 0 Å². The Hall–Kier alpha value is -3.15. The number of aryl methyl sites for hydroxylation is 1. The van der Waals surface area contributed by atoms with Gasteiger partial charge in [0.15, 0.2) is 0 Å². The summed E-state index contributed by atoms with van der Waals surface area (Å²) in [6, 6.07) is 12.9. The van der Waals surface area contributed by atoms with Gasteiger partial charge in [-0.2, -0.15) is 0 Å². The molecule has 1 atom stereocenters. The molecular formula is C22H23N3O3. The first-order chi connectivity index (χ1) is 13.2. The Bertz CT molecular complexity index is 995. The third-order valence-electron chi connectivity index (χ3n) is 6.01. The number of benzene rings is 2. The Morgan fingerprint density at radius 3 is 2.57 bits per heavy atom. The number of hydrogen-bond donors (Lipinski definition) is 1. The zero-order chi connectivity index (χ0) is 20.1. The fourth-order valence-corrected chi connectivity index (χ4v) is 4.39. The number of anilines is 1. The van der Waals surface area contributed by atoms with E-state index in [1.807, 2.05) is 12.2 Å². The minimum Gasteiger partial charge on any atom is -0.344 e. The molecule has 6 nitrogen and oxygen atoms in total. The van der Waals surface area contributed by atoms with Crippen LogP contribution in [0.4, 0.5) is 11.4 Å². The molecular weight excluding hydrogens is 354 g/mol. The topological polar surface area (TPSA) is 75.5 Å². The average Bonchev–Trinajstić information content (AvgIpc) is 2.84. The number of carbonyl (C=O) groups is 1. The molecule has 2 aliphatic rings. The second-order valence-electron chi connectivity index (χ2n) is 8.04. The molecule has 0 unspecified atom stereocenters. The van der Waals surface area contributed by atoms with Gasteiger partial charge < -0.3 is 10.2 Å². The monoisotopic (exact) mass is 377 g/mol. The van der Waals surface area contributed by atoms with Crippen molar-refractivity contribution in [3.8, 4) is 0 Å². The molecule has 4 rings (SSSR count). The predicted molar refractivity (Wildman–Crippen MR) is 109 cm³/mol. The Morgan fingerprint density at radius 2 is 1.89 bits per heavy atom. The van der Waals surface area contributed by atoms with Crippen molar-refractivity contribution in [2.75, 3.05) is 11.4 Å². The van der Waals surface area contributed by atoms with Crippen LogP contribution in [0.25, 0.3) is 6.08 Å². The highest BCUT2D eigenvalue weighted by molar-refractivity contribution is 5.84. The molecule has 1 fully saturated rings. The van der Waals surface area contributed by atoms with Gasteiger partial charge in [-0.1, -0.05) is 37.6 Å². The fraction of sp³-hybridized carbons (Fsp3) is 0.318. The molecule has 1 saturated heterocycles. The highest BCUT2D eigenvalue weighted by Crippen LogP contribution is 2.52. The maximum atomic E-state index is 12.4. The quantitative estimate of drug-likeness (QED) is 0.650. The Labute approximate surface area is 164 Å². The molecule has 0 spiro atoms. The second kappa shape index (κ2) is 6.19. The summed E-state index contributed by atoms with van der Waals surface area (Å²) in [6.45, 7) is 7.02. The maximum Gasteiger partial charge on any atom is 0.269 e. The number of nitro groups is 1. The van der Waals surface area contributed by atoms with Crippen molar-refractivity contribution in [3.05, 3.63) is 75.3 Å². The first kappa shape index (κ1) is 18.2. The molecule has 2 heterocycles. The molecule has 1 N–H and O–H groups in total. The summed E-state index contributed by atoms with van der Waals surface area (Å²) in [7, 11) is 0. The fourth-order valence-electron chi connectivity index (χ4n) is 4.39. The molecule has 2 aromatic carbocycles. The predicted octanol–water partition coefficient (Wildman–Crippen LogP) is 3.93. The summed E-state index contributed by atoms with van der Waals surface area (Å²) in [5.74, 6) is 0.0298. The van der Waals surface area contributed by atoms with E-state index in [9.17, 15) is 14.9 Å². The van der Waals surface area contributed by atoms with Gasteiger partial charge in [0.1, 0.15) is 5.66 Å². The molecule has 0 saturated carbocycles. The number of nitro benzene ring substituents is 1. The van der Waals surface area contributed by atoms with Crippen LogP contribution in [-0.4, -0.2) is 23.0 Å². The van der Waals surface area contributed by atoms with E-state index in [1.165, 1.54) is 23.3 Å². The molecule has 2 aliphatic heterocycles. The van der Waals surface area contributed by atoms with E-state index in [2.05, 4.69) is 49.2 Å². The minimum atomic E-state index is -0.680. The Balaban J connectivity index is 1.79. The number of rotatable bonds is 3. The van der Waals surface area contributed by atoms with E-state index in [0.717, 1.165) is 11.3 Å². The lowest BCUT2D eigenvalue weighted by Crippen LogP contribution is -2.68. The number of hydrogen-bond acceptors (Lipinski definition) is 4. The van der Waals surface area contributed by atoms with Crippen LogP contribution in [0.1, 0.15) is 37.0 Å². The van der Waals surface area contributed by atoms with Crippen molar-refractivity contribution in [2.24, 2.45) is 0 Å². The largest absolute Gasteiger partial charge is 0.344 e. The van der Waals surface area contributed by atoms with Crippen LogP contribution in [0, 0.1) is 17.0 Å². The van der Waals surface area contributed by atoms with E-state index in [1.54, 1.807) is 12.1 Å². The number of nitrogens with one attached hydrogen (secondary N) is 1. The van der Waals surface area contributed by atoms with Gasteiger partial charge in [-0.3, -0.25) is 14.9 Å². The molecule has 0 radical (unpaired) electrons. The van der Waals surface area contributed by atoms with Gasteiger partial charge in [0.25, 0.3) is 5.69 Å². The van der Waals surface area contributed by atoms with Crippen LogP contribution >= 0.6 is 0 Å². The van der Waals surface area contributed by atoms with Crippen LogP contribution in [0.15, 0.2) is 48.5 Å². The summed E-state index contributed by atoms with van der Waals surface area (Å²) in [5, 5.41) is 14.1. The van der Waals surface area contributed by atoms with Crippen LogP contribution < -0.4 is 10.2 Å². The number of amides is 1. The van der Waals surface area contributed by atoms with Gasteiger partial charge in [0.05, 0.1) is 4.92 Å². The highest BCUT2D eigenvalue weighted by Gasteiger charge is 2.57. The molecule has 0 aromatic heterocycles. The zero-order valence-electron chi connectivity index (χ0n) is 16.2. The van der Waals surface area contributed by atoms with Gasteiger partial charge in [0.2, 0.25) is 5.91 Å². The number of carbonyl (C=O) groups excluding carboxylic acids is 1. The lowest BCUT2D eigenvalue weighted by atomic mass is 9.74. The van der Waals surface area contributed by atoms with Gasteiger partial charge in [0, 0.05) is 36.2 Å². The SMILES string of the molecule is Cc1ccc2c(c1)C(C)(C)[C@@]1(/C=C/c3ccc([N+](=O)[O-])cc3)NC(=O)CCN21. The van der Waals surface area contributed by atoms with Crippen molar-refractivity contribution in [3.63, 3.8) is 0 Å². The lowest BCUT2D eigenvalue weighted by Gasteiger charge is -2.49. The third kappa shape index (κ3) is 2.59. The van der Waals surface area contributed by atoms with Crippen LogP contribution in [-0.2, 0) is 10.2 Å². The van der Waals surface area contributed by atoms with Crippen LogP contribution in [0.3, 0.4) is 0 Å². The lowest BCUT2D eigenvalue weighted by molar-refractivity contribution is -0.384. The van der Waals surface area contributed by atoms with Crippen molar-refractivity contribution < 1.29 is 9.72 Å². The highest BCUT2D eigenvalue weighted by atomic mass is 16.6. The average molecular weight is 377 g/mol. The number of non-ortho nitro benzene ring substituents is 1. The van der Waals surface area contributed by atoms with Crippen LogP contribution in [0.5, 0.6) is 0 Å². The van der Waals surface area contributed by atoms with Crippen molar-refractivity contribution in [1.29, 1.82) is 0 Å². The van der Waals surface area contributed by atoms with Gasteiger partial charge in [-0.05, 0) is 42.3 Å². The van der Waals surface area contributed by atoms with E-state index >= 15 is 0 Å². The Kier molecular flexibility index (Phi) is 4.03. The molecule has 6 heteroatoms. The zero-order valence-corrected chi connectivity index (χ0v) is 16.2. The first-order valence-corrected chi connectivity index (χ1v) is 9.38. The van der Waals surface area contributed by atoms with E-state index < -0.39 is 10.6 Å². The summed E-state index contributed by atoms with van der Waals surface area (Å²) in [6.07, 6.45) is 4.42. The van der Waals surface area contributed by atoms with Crippen molar-refractivity contribution in [2.45, 2.75) is 38.3 Å². The smallest absolute Gasteiger partial charge is 0.269 e. The summed E-state index contributed by atoms with van der Waals surface area (Å²) in [4.78, 5) is 25.1. The summed E-state index contributed by atoms with van der Waals surface area (Å²) >= 11 is 0. The second-order valence-corrected chi connectivity index (χ2v) is 8.04. The summed E-state index contributed by atoms with van der Waals surface area (Å²) in [5.41, 5.74) is 3.43.